The Labute approximate surface area is 319 Å². The van der Waals surface area contributed by atoms with Crippen LogP contribution in [0.5, 0.6) is 0 Å². The Morgan fingerprint density at radius 2 is 1.57 bits per heavy atom. The molecule has 12 unspecified atom stereocenters. The van der Waals surface area contributed by atoms with Crippen LogP contribution in [0, 0.1) is 39.4 Å². The highest BCUT2D eigenvalue weighted by Gasteiger charge is 2.85. The summed E-state index contributed by atoms with van der Waals surface area (Å²) in [5, 5.41) is 77.8. The van der Waals surface area contributed by atoms with Crippen molar-refractivity contribution in [1.29, 1.82) is 0 Å². The van der Waals surface area contributed by atoms with Crippen molar-refractivity contribution in [3.8, 4) is 0 Å². The molecule has 13 heteroatoms. The molecule has 0 aromatic heterocycles. The van der Waals surface area contributed by atoms with Crippen LogP contribution in [0.25, 0.3) is 0 Å². The summed E-state index contributed by atoms with van der Waals surface area (Å²) in [7, 11) is 0. The van der Waals surface area contributed by atoms with E-state index in [9.17, 15) is 40.5 Å². The molecule has 54 heavy (non-hydrogen) atoms. The number of aliphatic hydroxyl groups is 7. The molecule has 0 radical (unpaired) electrons. The van der Waals surface area contributed by atoms with Gasteiger partial charge in [0, 0.05) is 0 Å². The third-order valence-electron chi connectivity index (χ3n) is 16.1. The summed E-state index contributed by atoms with van der Waals surface area (Å²) in [6.45, 7) is 16.2. The first-order valence-corrected chi connectivity index (χ1v) is 20.4. The molecule has 7 aliphatic rings. The molecule has 3 aliphatic heterocycles. The smallest absolute Gasteiger partial charge is 0.319 e. The average Bonchev–Trinajstić information content (AvgIpc) is 3.46. The van der Waals surface area contributed by atoms with E-state index in [-0.39, 0.29) is 30.0 Å². The van der Waals surface area contributed by atoms with Crippen LogP contribution in [0.15, 0.2) is 11.6 Å². The zero-order valence-corrected chi connectivity index (χ0v) is 33.3. The summed E-state index contributed by atoms with van der Waals surface area (Å²) >= 11 is 0. The summed E-state index contributed by atoms with van der Waals surface area (Å²) in [4.78, 5) is 14.3. The lowest BCUT2D eigenvalue weighted by molar-refractivity contribution is -0.363. The molecule has 0 aromatic carbocycles. The summed E-state index contributed by atoms with van der Waals surface area (Å²) in [6, 6.07) is 0. The maximum atomic E-state index is 14.3. The van der Waals surface area contributed by atoms with Gasteiger partial charge in [-0.2, -0.15) is 0 Å². The lowest BCUT2D eigenvalue weighted by Crippen LogP contribution is -2.68. The molecule has 308 valence electrons. The van der Waals surface area contributed by atoms with Crippen molar-refractivity contribution in [2.45, 2.75) is 192 Å². The van der Waals surface area contributed by atoms with Gasteiger partial charge in [0.25, 0.3) is 0 Å². The quantitative estimate of drug-likeness (QED) is 0.108. The first-order chi connectivity index (χ1) is 25.1. The highest BCUT2D eigenvalue weighted by molar-refractivity contribution is 5.86. The van der Waals surface area contributed by atoms with Crippen LogP contribution in [-0.2, 0) is 28.5 Å². The van der Waals surface area contributed by atoms with Crippen molar-refractivity contribution in [2.24, 2.45) is 39.4 Å². The van der Waals surface area contributed by atoms with Crippen molar-refractivity contribution in [3.05, 3.63) is 11.6 Å². The van der Waals surface area contributed by atoms with E-state index in [1.165, 1.54) is 6.92 Å². The van der Waals surface area contributed by atoms with Gasteiger partial charge in [0.15, 0.2) is 12.6 Å². The number of carbonyl (C=O) groups excluding carboxylic acids is 1. The molecular formula is C41H66O13. The molecule has 18 atom stereocenters. The molecule has 13 nitrogen and oxygen atoms in total. The van der Waals surface area contributed by atoms with Crippen molar-refractivity contribution < 1.29 is 64.2 Å². The lowest BCUT2D eigenvalue weighted by atomic mass is 9.40. The Kier molecular flexibility index (Phi) is 10.4. The minimum Gasteiger partial charge on any atom is -0.456 e. The molecule has 7 rings (SSSR count). The Morgan fingerprint density at radius 3 is 2.26 bits per heavy atom. The number of allylic oxidation sites excluding steroid dienone is 1. The summed E-state index contributed by atoms with van der Waals surface area (Å²) < 4.78 is 30.5. The van der Waals surface area contributed by atoms with Crippen LogP contribution in [0.2, 0.25) is 0 Å². The summed E-state index contributed by atoms with van der Waals surface area (Å²) in [5.41, 5.74) is -4.43. The molecule has 0 amide bonds. The highest BCUT2D eigenvalue weighted by Crippen LogP contribution is 2.77. The SMILES string of the molecule is CC(C)CCC[C@]1(C)OC(=O)C23[C@@H](O)C=C4C(CCC5C(C)(C)[C@@H](OC6OCC(O)C(O)C6OC6OC(C)C(O)C(O)C6O)CC[C@]45C)[C@]2(C)CC[C@@]31O. The molecule has 3 saturated carbocycles. The zero-order valence-electron chi connectivity index (χ0n) is 33.3. The van der Waals surface area contributed by atoms with Crippen LogP contribution in [0.4, 0.5) is 0 Å². The molecule has 6 fully saturated rings. The van der Waals surface area contributed by atoms with Gasteiger partial charge < -0.3 is 59.4 Å². The molecule has 0 bridgehead atoms. The number of ether oxygens (including phenoxy) is 5. The van der Waals surface area contributed by atoms with E-state index in [1.807, 2.05) is 13.0 Å². The highest BCUT2D eigenvalue weighted by atomic mass is 16.8. The van der Waals surface area contributed by atoms with E-state index in [2.05, 4.69) is 41.5 Å². The van der Waals surface area contributed by atoms with Crippen molar-refractivity contribution in [3.63, 3.8) is 0 Å². The van der Waals surface area contributed by atoms with Gasteiger partial charge in [-0.1, -0.05) is 59.6 Å². The number of rotatable bonds is 8. The number of aliphatic hydroxyl groups excluding tert-OH is 6. The molecule has 4 aliphatic carbocycles. The minimum absolute atomic E-state index is 0.0377. The van der Waals surface area contributed by atoms with Gasteiger partial charge in [0.05, 0.1) is 24.9 Å². The predicted octanol–water partition coefficient (Wildman–Crippen LogP) is 2.48. The van der Waals surface area contributed by atoms with Gasteiger partial charge in [0.2, 0.25) is 0 Å². The van der Waals surface area contributed by atoms with E-state index in [0.29, 0.717) is 38.0 Å². The number of hydrogen-bond donors (Lipinski definition) is 7. The minimum atomic E-state index is -1.62. The van der Waals surface area contributed by atoms with Gasteiger partial charge in [-0.3, -0.25) is 4.79 Å². The third kappa shape index (κ3) is 5.53. The second-order valence-electron chi connectivity index (χ2n) is 19.7. The second-order valence-corrected chi connectivity index (χ2v) is 19.7. The fourth-order valence-electron chi connectivity index (χ4n) is 12.9. The Morgan fingerprint density at radius 1 is 0.870 bits per heavy atom. The Bertz CT molecular complexity index is 1470. The summed E-state index contributed by atoms with van der Waals surface area (Å²) in [6.07, 6.45) is -5.45. The van der Waals surface area contributed by atoms with Gasteiger partial charge in [-0.15, -0.1) is 0 Å². The van der Waals surface area contributed by atoms with E-state index in [4.69, 9.17) is 23.7 Å². The van der Waals surface area contributed by atoms with Gasteiger partial charge >= 0.3 is 5.97 Å². The van der Waals surface area contributed by atoms with E-state index < -0.39 is 94.8 Å². The molecule has 3 saturated heterocycles. The van der Waals surface area contributed by atoms with Crippen LogP contribution < -0.4 is 0 Å². The van der Waals surface area contributed by atoms with Crippen molar-refractivity contribution in [2.75, 3.05) is 6.61 Å². The number of cyclic esters (lactones) is 1. The number of hydrogen-bond acceptors (Lipinski definition) is 13. The lowest BCUT2D eigenvalue weighted by Gasteiger charge is -2.64. The fourth-order valence-corrected chi connectivity index (χ4v) is 12.9. The largest absolute Gasteiger partial charge is 0.456 e. The first kappa shape index (κ1) is 40.9. The molecule has 7 N–H and O–H groups in total. The predicted molar refractivity (Wildman–Crippen MR) is 193 cm³/mol. The first-order valence-electron chi connectivity index (χ1n) is 20.4. The summed E-state index contributed by atoms with van der Waals surface area (Å²) in [5.74, 6) is 0.0586. The van der Waals surface area contributed by atoms with E-state index in [0.717, 1.165) is 31.3 Å². The molecule has 3 heterocycles. The van der Waals surface area contributed by atoms with Gasteiger partial charge in [0.1, 0.15) is 53.2 Å². The standard InChI is InChI=1S/C41H66O13/c1-20(2)10-9-14-39(8)40(49)17-16-38(7)22-11-12-25-36(4,5)27(13-15-37(25,6)23(22)18-26(43)41(38,40)35(48)54-39)52-34-32(29(45)24(42)19-50-34)53-33-31(47)30(46)28(44)21(3)51-33/h18,20-22,24-34,42-47,49H,9-17,19H2,1-8H3/t21?,22?,24?,25?,26-,27-,28?,29?,30?,31?,32?,33?,34?,37+,38-,39-,40-,41?/m0/s1. The molecular weight excluding hydrogens is 700 g/mol. The fraction of sp³-hybridized carbons (Fsp3) is 0.927. The zero-order chi connectivity index (χ0) is 39.6. The third-order valence-corrected chi connectivity index (χ3v) is 16.1. The van der Waals surface area contributed by atoms with Crippen molar-refractivity contribution in [1.82, 2.24) is 0 Å². The monoisotopic (exact) mass is 766 g/mol. The van der Waals surface area contributed by atoms with Crippen LogP contribution in [-0.4, -0.2) is 127 Å². The number of esters is 1. The second kappa shape index (κ2) is 13.7. The maximum Gasteiger partial charge on any atom is 0.319 e. The Balaban J connectivity index is 1.14. The van der Waals surface area contributed by atoms with Gasteiger partial charge in [-0.25, -0.2) is 0 Å². The average molecular weight is 767 g/mol. The normalized spacial score (nSPS) is 54.0. The Hall–Kier alpha value is -1.23. The van der Waals surface area contributed by atoms with Crippen LogP contribution in [0.1, 0.15) is 113 Å². The topological polar surface area (TPSA) is 205 Å². The van der Waals surface area contributed by atoms with Crippen molar-refractivity contribution >= 4 is 5.97 Å². The van der Waals surface area contributed by atoms with Crippen LogP contribution >= 0.6 is 0 Å². The van der Waals surface area contributed by atoms with E-state index >= 15 is 0 Å². The van der Waals surface area contributed by atoms with E-state index in [1.54, 1.807) is 0 Å². The number of carbonyl (C=O) groups is 1. The van der Waals surface area contributed by atoms with Crippen LogP contribution in [0.3, 0.4) is 0 Å². The molecule has 0 aromatic rings. The molecule has 1 spiro atoms. The number of fused-ring (bicyclic) bond motifs is 4. The van der Waals surface area contributed by atoms with Gasteiger partial charge in [-0.05, 0) is 99.2 Å². The maximum absolute atomic E-state index is 14.3.